The molecule has 4 rings (SSSR count). The highest BCUT2D eigenvalue weighted by atomic mass is 32.2. The molecular formula is C23H21N3O5S2. The number of aromatic nitrogens is 2. The molecule has 0 saturated carbocycles. The van der Waals surface area contributed by atoms with Crippen LogP contribution in [0, 0.1) is 0 Å². The summed E-state index contributed by atoms with van der Waals surface area (Å²) in [6.07, 6.45) is 2.75. The van der Waals surface area contributed by atoms with Crippen LogP contribution in [0.3, 0.4) is 0 Å². The van der Waals surface area contributed by atoms with Gasteiger partial charge in [0.05, 0.1) is 31.4 Å². The third-order valence-electron chi connectivity index (χ3n) is 4.93. The summed E-state index contributed by atoms with van der Waals surface area (Å²) in [5, 5.41) is 0.410. The largest absolute Gasteiger partial charge is 0.495 e. The van der Waals surface area contributed by atoms with Crippen LogP contribution in [0.2, 0.25) is 0 Å². The van der Waals surface area contributed by atoms with E-state index in [9.17, 15) is 13.2 Å². The number of sulfone groups is 1. The van der Waals surface area contributed by atoms with Crippen LogP contribution >= 0.6 is 11.3 Å². The molecule has 0 bridgehead atoms. The van der Waals surface area contributed by atoms with Crippen molar-refractivity contribution in [3.63, 3.8) is 0 Å². The quantitative estimate of drug-likeness (QED) is 0.392. The fourth-order valence-electron chi connectivity index (χ4n) is 3.29. The Balaban J connectivity index is 1.85. The standard InChI is InChI=1S/C23H21N3O5S2/c1-30-18-10-11-19(31-2)21-20(18)25-23(32-21)26(14-16-8-4-5-12-24-16)22(27)15-7-6-9-17(13-15)33(3,28)29/h4-13H,14H2,1-3H3. The highest BCUT2D eigenvalue weighted by Crippen LogP contribution is 2.40. The van der Waals surface area contributed by atoms with Gasteiger partial charge in [0.1, 0.15) is 21.7 Å². The molecular weight excluding hydrogens is 462 g/mol. The van der Waals surface area contributed by atoms with Gasteiger partial charge in [-0.2, -0.15) is 0 Å². The first-order valence-corrected chi connectivity index (χ1v) is 12.6. The molecule has 33 heavy (non-hydrogen) atoms. The predicted octanol–water partition coefficient (Wildman–Crippen LogP) is 3.96. The van der Waals surface area contributed by atoms with Gasteiger partial charge in [-0.25, -0.2) is 13.4 Å². The number of ether oxygens (including phenoxy) is 2. The third kappa shape index (κ3) is 4.67. The van der Waals surface area contributed by atoms with E-state index in [4.69, 9.17) is 9.47 Å². The molecule has 0 radical (unpaired) electrons. The normalized spacial score (nSPS) is 11.4. The number of anilines is 1. The van der Waals surface area contributed by atoms with Gasteiger partial charge < -0.3 is 9.47 Å². The van der Waals surface area contributed by atoms with Gasteiger partial charge in [-0.1, -0.05) is 23.5 Å². The average Bonchev–Trinajstić information content (AvgIpc) is 3.27. The minimum atomic E-state index is -3.48. The van der Waals surface area contributed by atoms with E-state index in [0.29, 0.717) is 27.8 Å². The first kappa shape index (κ1) is 22.7. The van der Waals surface area contributed by atoms with E-state index in [1.54, 1.807) is 50.7 Å². The highest BCUT2D eigenvalue weighted by molar-refractivity contribution is 7.90. The SMILES string of the molecule is COc1ccc(OC)c2sc(N(Cc3ccccn3)C(=O)c3cccc(S(C)(=O)=O)c3)nc12. The number of pyridine rings is 1. The van der Waals surface area contributed by atoms with E-state index in [0.717, 1.165) is 11.0 Å². The molecule has 0 spiro atoms. The predicted molar refractivity (Wildman–Crippen MR) is 127 cm³/mol. The number of fused-ring (bicyclic) bond motifs is 1. The summed E-state index contributed by atoms with van der Waals surface area (Å²) in [5.74, 6) is 0.764. The monoisotopic (exact) mass is 483 g/mol. The van der Waals surface area contributed by atoms with Crippen molar-refractivity contribution in [1.29, 1.82) is 0 Å². The Morgan fingerprint density at radius 1 is 1.03 bits per heavy atom. The summed E-state index contributed by atoms with van der Waals surface area (Å²) in [6, 6.07) is 14.9. The molecule has 0 aliphatic carbocycles. The number of carbonyl (C=O) groups excluding carboxylic acids is 1. The van der Waals surface area contributed by atoms with Gasteiger partial charge in [-0.3, -0.25) is 14.7 Å². The minimum Gasteiger partial charge on any atom is -0.495 e. The van der Waals surface area contributed by atoms with E-state index in [-0.39, 0.29) is 17.0 Å². The maximum Gasteiger partial charge on any atom is 0.260 e. The van der Waals surface area contributed by atoms with Crippen LogP contribution in [0.15, 0.2) is 65.7 Å². The van der Waals surface area contributed by atoms with Crippen LogP contribution in [0.25, 0.3) is 10.2 Å². The number of rotatable bonds is 7. The molecule has 2 aromatic heterocycles. The number of hydrogen-bond donors (Lipinski definition) is 0. The Kier molecular flexibility index (Phi) is 6.30. The van der Waals surface area contributed by atoms with Gasteiger partial charge in [-0.05, 0) is 42.5 Å². The lowest BCUT2D eigenvalue weighted by atomic mass is 10.2. The lowest BCUT2D eigenvalue weighted by molar-refractivity contribution is 0.0984. The number of nitrogens with zero attached hydrogens (tertiary/aromatic N) is 3. The van der Waals surface area contributed by atoms with E-state index >= 15 is 0 Å². The molecule has 2 aromatic carbocycles. The average molecular weight is 484 g/mol. The number of carbonyl (C=O) groups is 1. The second kappa shape index (κ2) is 9.16. The number of amides is 1. The Labute approximate surface area is 195 Å². The number of thiazole rings is 1. The zero-order chi connectivity index (χ0) is 23.6. The molecule has 0 saturated heterocycles. The number of methoxy groups -OCH3 is 2. The first-order valence-electron chi connectivity index (χ1n) is 9.85. The maximum absolute atomic E-state index is 13.6. The van der Waals surface area contributed by atoms with Gasteiger partial charge in [0.2, 0.25) is 0 Å². The van der Waals surface area contributed by atoms with Crippen LogP contribution < -0.4 is 14.4 Å². The molecule has 1 amide bonds. The second-order valence-electron chi connectivity index (χ2n) is 7.16. The fourth-order valence-corrected chi connectivity index (χ4v) is 5.02. The lowest BCUT2D eigenvalue weighted by Crippen LogP contribution is -2.30. The summed E-state index contributed by atoms with van der Waals surface area (Å²) < 4.78 is 35.7. The van der Waals surface area contributed by atoms with Gasteiger partial charge in [0.15, 0.2) is 15.0 Å². The summed E-state index contributed by atoms with van der Waals surface area (Å²) >= 11 is 1.28. The summed E-state index contributed by atoms with van der Waals surface area (Å²) in [5.41, 5.74) is 1.45. The van der Waals surface area contributed by atoms with E-state index < -0.39 is 15.7 Å². The fraction of sp³-hybridized carbons (Fsp3) is 0.174. The first-order chi connectivity index (χ1) is 15.8. The van der Waals surface area contributed by atoms with Crippen LogP contribution in [-0.2, 0) is 16.4 Å². The van der Waals surface area contributed by atoms with Crippen molar-refractivity contribution in [1.82, 2.24) is 9.97 Å². The Hall–Kier alpha value is -3.50. The second-order valence-corrected chi connectivity index (χ2v) is 10.1. The van der Waals surface area contributed by atoms with Gasteiger partial charge >= 0.3 is 0 Å². The van der Waals surface area contributed by atoms with Crippen LogP contribution in [-0.4, -0.2) is 44.8 Å². The molecule has 8 nitrogen and oxygen atoms in total. The van der Waals surface area contributed by atoms with E-state index in [1.807, 2.05) is 12.1 Å². The van der Waals surface area contributed by atoms with Gasteiger partial charge in [0.25, 0.3) is 5.91 Å². The van der Waals surface area contributed by atoms with Crippen molar-refractivity contribution in [2.45, 2.75) is 11.4 Å². The van der Waals surface area contributed by atoms with Gasteiger partial charge in [-0.15, -0.1) is 0 Å². The Morgan fingerprint density at radius 3 is 2.45 bits per heavy atom. The molecule has 170 valence electrons. The van der Waals surface area contributed by atoms with Crippen molar-refractivity contribution in [3.05, 3.63) is 72.1 Å². The number of hydrogen-bond acceptors (Lipinski definition) is 8. The zero-order valence-corrected chi connectivity index (χ0v) is 19.8. The Morgan fingerprint density at radius 2 is 1.79 bits per heavy atom. The molecule has 0 aliphatic rings. The molecule has 0 unspecified atom stereocenters. The summed E-state index contributed by atoms with van der Waals surface area (Å²) in [6.45, 7) is 0.146. The zero-order valence-electron chi connectivity index (χ0n) is 18.2. The molecule has 0 atom stereocenters. The molecule has 4 aromatic rings. The Bertz CT molecular complexity index is 1380. The number of benzene rings is 2. The molecule has 2 heterocycles. The van der Waals surface area contributed by atoms with E-state index in [2.05, 4.69) is 9.97 Å². The summed E-state index contributed by atoms with van der Waals surface area (Å²) in [7, 11) is -0.363. The highest BCUT2D eigenvalue weighted by Gasteiger charge is 2.25. The molecule has 10 heteroatoms. The molecule has 0 fully saturated rings. The van der Waals surface area contributed by atoms with Gasteiger partial charge in [0, 0.05) is 18.0 Å². The third-order valence-corrected chi connectivity index (χ3v) is 7.13. The summed E-state index contributed by atoms with van der Waals surface area (Å²) in [4.78, 5) is 24.2. The molecule has 0 aliphatic heterocycles. The topological polar surface area (TPSA) is 98.7 Å². The lowest BCUT2D eigenvalue weighted by Gasteiger charge is -2.20. The molecule has 0 N–H and O–H groups in total. The van der Waals surface area contributed by atoms with Crippen molar-refractivity contribution < 1.29 is 22.7 Å². The van der Waals surface area contributed by atoms with Crippen LogP contribution in [0.4, 0.5) is 5.13 Å². The van der Waals surface area contributed by atoms with Crippen molar-refractivity contribution in [2.24, 2.45) is 0 Å². The van der Waals surface area contributed by atoms with E-state index in [1.165, 1.54) is 28.4 Å². The van der Waals surface area contributed by atoms with Crippen molar-refractivity contribution in [3.8, 4) is 11.5 Å². The van der Waals surface area contributed by atoms with Crippen molar-refractivity contribution >= 4 is 42.4 Å². The van der Waals surface area contributed by atoms with Crippen LogP contribution in [0.1, 0.15) is 16.1 Å². The minimum absolute atomic E-state index is 0.0683. The van der Waals surface area contributed by atoms with Crippen molar-refractivity contribution in [2.75, 3.05) is 25.4 Å². The van der Waals surface area contributed by atoms with Crippen LogP contribution in [0.5, 0.6) is 11.5 Å². The smallest absolute Gasteiger partial charge is 0.260 e. The maximum atomic E-state index is 13.6.